The first-order chi connectivity index (χ1) is 12.5. The van der Waals surface area contributed by atoms with Crippen LogP contribution in [0.15, 0.2) is 18.2 Å². The molecule has 0 saturated heterocycles. The van der Waals surface area contributed by atoms with Crippen LogP contribution in [0.1, 0.15) is 44.0 Å². The molecule has 0 spiro atoms. The molecular formula is C18H24N2O7-2. The quantitative estimate of drug-likeness (QED) is 0.585. The molecule has 9 heteroatoms. The van der Waals surface area contributed by atoms with Crippen LogP contribution in [0.3, 0.4) is 0 Å². The number of rotatable bonds is 5. The van der Waals surface area contributed by atoms with E-state index in [0.717, 1.165) is 24.6 Å². The fourth-order valence-corrected chi connectivity index (χ4v) is 4.44. The number of carbonyl (C=O) groups excluding carboxylic acids is 1. The molecule has 4 atom stereocenters. The monoisotopic (exact) mass is 380 g/mol. The Bertz CT molecular complexity index is 710. The van der Waals surface area contributed by atoms with Gasteiger partial charge in [0.05, 0.1) is 17.4 Å². The molecule has 9 nitrogen and oxygen atoms in total. The molecule has 2 saturated carbocycles. The molecule has 0 amide bonds. The van der Waals surface area contributed by atoms with Crippen LogP contribution in [0.2, 0.25) is 0 Å². The molecule has 0 radical (unpaired) electrons. The maximum Gasteiger partial charge on any atom is 0.338 e. The van der Waals surface area contributed by atoms with Crippen molar-refractivity contribution in [2.45, 2.75) is 45.3 Å². The van der Waals surface area contributed by atoms with E-state index in [1.54, 1.807) is 7.11 Å². The van der Waals surface area contributed by atoms with E-state index in [2.05, 4.69) is 13.8 Å². The fourth-order valence-electron chi connectivity index (χ4n) is 4.44. The van der Waals surface area contributed by atoms with Gasteiger partial charge in [0, 0.05) is 12.8 Å². The smallest absolute Gasteiger partial charge is 0.338 e. The van der Waals surface area contributed by atoms with Crippen molar-refractivity contribution in [2.24, 2.45) is 17.3 Å². The van der Waals surface area contributed by atoms with E-state index in [0.29, 0.717) is 18.3 Å². The Morgan fingerprint density at radius 3 is 2.33 bits per heavy atom. The van der Waals surface area contributed by atoms with Crippen molar-refractivity contribution in [1.29, 1.82) is 0 Å². The van der Waals surface area contributed by atoms with E-state index in [1.807, 2.05) is 6.92 Å². The molecule has 2 unspecified atom stereocenters. The van der Waals surface area contributed by atoms with Crippen molar-refractivity contribution >= 4 is 17.3 Å². The highest BCUT2D eigenvalue weighted by molar-refractivity contribution is 5.92. The minimum absolute atomic E-state index is 0.138. The van der Waals surface area contributed by atoms with Gasteiger partial charge in [-0.3, -0.25) is 10.4 Å². The molecule has 0 bridgehead atoms. The number of anilines is 2. The summed E-state index contributed by atoms with van der Waals surface area (Å²) in [6.07, 6.45) is 1.14. The zero-order valence-corrected chi connectivity index (χ0v) is 15.7. The first-order valence-electron chi connectivity index (χ1n) is 8.73. The summed E-state index contributed by atoms with van der Waals surface area (Å²) in [5.41, 5.74) is -1.59. The van der Waals surface area contributed by atoms with Gasteiger partial charge in [-0.15, -0.1) is 5.23 Å². The minimum atomic E-state index is -0.871. The van der Waals surface area contributed by atoms with Crippen molar-refractivity contribution in [3.63, 3.8) is 0 Å². The molecule has 0 aliphatic heterocycles. The van der Waals surface area contributed by atoms with Gasteiger partial charge in [0.25, 0.3) is 0 Å². The van der Waals surface area contributed by atoms with Gasteiger partial charge in [-0.05, 0) is 55.2 Å². The Hall–Kier alpha value is -1.91. The molecule has 0 aromatic heterocycles. The fraction of sp³-hybridized carbons (Fsp3) is 0.611. The van der Waals surface area contributed by atoms with Gasteiger partial charge in [-0.25, -0.2) is 4.79 Å². The van der Waals surface area contributed by atoms with Gasteiger partial charge in [0.15, 0.2) is 0 Å². The Kier molecular flexibility index (Phi) is 4.86. The molecule has 2 aliphatic rings. The van der Waals surface area contributed by atoms with E-state index < -0.39 is 22.5 Å². The Morgan fingerprint density at radius 1 is 1.15 bits per heavy atom. The molecular weight excluding hydrogens is 356 g/mol. The van der Waals surface area contributed by atoms with E-state index >= 15 is 0 Å². The molecule has 150 valence electrons. The van der Waals surface area contributed by atoms with Crippen molar-refractivity contribution < 1.29 is 24.7 Å². The number of methoxy groups -OCH3 is 1. The zero-order valence-electron chi connectivity index (χ0n) is 15.7. The number of benzene rings is 1. The molecule has 0 heterocycles. The lowest BCUT2D eigenvalue weighted by molar-refractivity contribution is -0.116. The molecule has 2 aliphatic carbocycles. The third kappa shape index (κ3) is 3.48. The van der Waals surface area contributed by atoms with Crippen LogP contribution in [0.5, 0.6) is 0 Å². The number of hydrogen-bond donors (Lipinski definition) is 2. The second-order valence-corrected chi connectivity index (χ2v) is 8.19. The van der Waals surface area contributed by atoms with Gasteiger partial charge < -0.3 is 25.1 Å². The van der Waals surface area contributed by atoms with Crippen LogP contribution in [0.25, 0.3) is 0 Å². The highest BCUT2D eigenvalue weighted by Gasteiger charge is 2.65. The van der Waals surface area contributed by atoms with Crippen molar-refractivity contribution in [1.82, 2.24) is 0 Å². The summed E-state index contributed by atoms with van der Waals surface area (Å²) < 4.78 is 11.3. The van der Waals surface area contributed by atoms with E-state index in [1.165, 1.54) is 0 Å². The standard InChI is InChI=1S/C18H24N2O7/c1-17(2)13-8-15(26-4)18(3,9-14(13)17)27-16(21)10-5-11(19(22)23)7-12(6-10)20(24)25/h5-7,13-15,22-23H,8-9H2,1-4H3/q-2/t13?,14?,15-,18-/m1/s1. The number of carbonyl (C=O) groups is 1. The van der Waals surface area contributed by atoms with Crippen molar-refractivity contribution in [3.05, 3.63) is 34.2 Å². The van der Waals surface area contributed by atoms with Crippen LogP contribution in [0, 0.1) is 27.7 Å². The molecule has 27 heavy (non-hydrogen) atoms. The summed E-state index contributed by atoms with van der Waals surface area (Å²) in [4.78, 5) is 12.7. The minimum Gasteiger partial charge on any atom is -0.769 e. The third-order valence-corrected chi connectivity index (χ3v) is 6.25. The molecule has 2 fully saturated rings. The Labute approximate surface area is 157 Å². The highest BCUT2D eigenvalue weighted by atomic mass is 16.8. The topological polar surface area (TPSA) is 129 Å². The maximum absolute atomic E-state index is 12.7. The van der Waals surface area contributed by atoms with Gasteiger partial charge in [-0.2, -0.15) is 0 Å². The lowest BCUT2D eigenvalue weighted by atomic mass is 9.83. The SMILES string of the molecule is CO[C@@H]1CC2C(C[C@@]1(C)OC(=O)c1cc(N([O-])[O-])cc(N(O)O)c1)C2(C)C. The van der Waals surface area contributed by atoms with Gasteiger partial charge in [0.2, 0.25) is 0 Å². The van der Waals surface area contributed by atoms with Crippen LogP contribution < -0.4 is 10.5 Å². The van der Waals surface area contributed by atoms with Gasteiger partial charge >= 0.3 is 5.97 Å². The number of nitrogens with zero attached hydrogens (tertiary/aromatic N) is 2. The summed E-state index contributed by atoms with van der Waals surface area (Å²) in [7, 11) is 1.58. The lowest BCUT2D eigenvalue weighted by Crippen LogP contribution is -2.47. The first kappa shape index (κ1) is 19.8. The molecule has 1 aromatic carbocycles. The van der Waals surface area contributed by atoms with Gasteiger partial charge in [0.1, 0.15) is 5.60 Å². The lowest BCUT2D eigenvalue weighted by Gasteiger charge is -2.40. The summed E-state index contributed by atoms with van der Waals surface area (Å²) >= 11 is 0. The van der Waals surface area contributed by atoms with E-state index in [4.69, 9.17) is 9.47 Å². The third-order valence-electron chi connectivity index (χ3n) is 6.25. The maximum atomic E-state index is 12.7. The summed E-state index contributed by atoms with van der Waals surface area (Å²) in [6, 6.07) is 3.11. The molecule has 1 aromatic rings. The van der Waals surface area contributed by atoms with Crippen LogP contribution >= 0.6 is 0 Å². The number of ether oxygens (including phenoxy) is 2. The normalized spacial score (nSPS) is 31.0. The Morgan fingerprint density at radius 2 is 1.78 bits per heavy atom. The summed E-state index contributed by atoms with van der Waals surface area (Å²) in [5.74, 6) is 0.173. The average molecular weight is 380 g/mol. The van der Waals surface area contributed by atoms with E-state index in [9.17, 15) is 25.6 Å². The van der Waals surface area contributed by atoms with Gasteiger partial charge in [-0.1, -0.05) is 13.8 Å². The predicted molar refractivity (Wildman–Crippen MR) is 96.3 cm³/mol. The molecule has 2 N–H and O–H groups in total. The summed E-state index contributed by atoms with van der Waals surface area (Å²) in [5, 5.41) is 39.5. The Balaban J connectivity index is 1.86. The van der Waals surface area contributed by atoms with Crippen molar-refractivity contribution in [2.75, 3.05) is 17.6 Å². The first-order valence-corrected chi connectivity index (χ1v) is 8.73. The van der Waals surface area contributed by atoms with E-state index in [-0.39, 0.29) is 28.0 Å². The number of fused-ring (bicyclic) bond motifs is 1. The second kappa shape index (κ2) is 6.61. The largest absolute Gasteiger partial charge is 0.769 e. The van der Waals surface area contributed by atoms with Crippen LogP contribution in [-0.4, -0.2) is 35.2 Å². The summed E-state index contributed by atoms with van der Waals surface area (Å²) in [6.45, 7) is 6.19. The number of hydrogen-bond acceptors (Lipinski definition) is 9. The molecule has 3 rings (SSSR count). The van der Waals surface area contributed by atoms with Crippen LogP contribution in [0.4, 0.5) is 11.4 Å². The van der Waals surface area contributed by atoms with Crippen LogP contribution in [-0.2, 0) is 9.47 Å². The predicted octanol–water partition coefficient (Wildman–Crippen LogP) is 3.07. The second-order valence-electron chi connectivity index (χ2n) is 8.19. The average Bonchev–Trinajstić information content (AvgIpc) is 3.11. The zero-order chi connectivity index (χ0) is 20.1. The number of esters is 1. The van der Waals surface area contributed by atoms with Crippen molar-refractivity contribution in [3.8, 4) is 0 Å². The highest BCUT2D eigenvalue weighted by Crippen LogP contribution is 2.67.